The van der Waals surface area contributed by atoms with E-state index >= 15 is 0 Å². The molecule has 1 aromatic carbocycles. The van der Waals surface area contributed by atoms with Gasteiger partial charge in [0.15, 0.2) is 6.61 Å². The SMILES string of the molecule is O=C(O)COc1cnc(Cl)c2ccccc12. The van der Waals surface area contributed by atoms with Crippen molar-refractivity contribution in [3.05, 3.63) is 35.6 Å². The zero-order valence-electron chi connectivity index (χ0n) is 8.18. The third kappa shape index (κ3) is 2.06. The number of carbonyl (C=O) groups is 1. The first-order chi connectivity index (χ1) is 7.68. The Labute approximate surface area is 96.4 Å². The maximum atomic E-state index is 10.4. The molecule has 0 unspecified atom stereocenters. The fourth-order valence-corrected chi connectivity index (χ4v) is 1.60. The van der Waals surface area contributed by atoms with Crippen LogP contribution in [0.1, 0.15) is 0 Å². The van der Waals surface area contributed by atoms with Gasteiger partial charge in [0.1, 0.15) is 10.9 Å². The Kier molecular flexibility index (Phi) is 2.92. The van der Waals surface area contributed by atoms with E-state index in [-0.39, 0.29) is 0 Å². The molecule has 82 valence electrons. The average molecular weight is 238 g/mol. The van der Waals surface area contributed by atoms with Crippen molar-refractivity contribution in [3.63, 3.8) is 0 Å². The third-order valence-electron chi connectivity index (χ3n) is 2.06. The number of pyridine rings is 1. The minimum atomic E-state index is -1.03. The molecule has 0 aliphatic rings. The molecular weight excluding hydrogens is 230 g/mol. The minimum Gasteiger partial charge on any atom is -0.480 e. The van der Waals surface area contributed by atoms with Gasteiger partial charge < -0.3 is 9.84 Å². The highest BCUT2D eigenvalue weighted by Crippen LogP contribution is 2.28. The zero-order chi connectivity index (χ0) is 11.5. The number of hydrogen-bond acceptors (Lipinski definition) is 3. The van der Waals surface area contributed by atoms with Crippen molar-refractivity contribution >= 4 is 28.3 Å². The molecule has 1 N–H and O–H groups in total. The summed E-state index contributed by atoms with van der Waals surface area (Å²) in [5.74, 6) is -0.610. The maximum Gasteiger partial charge on any atom is 0.341 e. The number of aromatic nitrogens is 1. The molecule has 2 rings (SSSR count). The van der Waals surface area contributed by atoms with E-state index in [1.165, 1.54) is 6.20 Å². The first-order valence-corrected chi connectivity index (χ1v) is 4.94. The molecule has 0 radical (unpaired) electrons. The number of aliphatic carboxylic acids is 1. The first kappa shape index (κ1) is 10.7. The van der Waals surface area contributed by atoms with Gasteiger partial charge in [-0.3, -0.25) is 0 Å². The molecule has 4 nitrogen and oxygen atoms in total. The lowest BCUT2D eigenvalue weighted by atomic mass is 10.2. The number of hydrogen-bond donors (Lipinski definition) is 1. The molecule has 2 aromatic rings. The Bertz CT molecular complexity index is 542. The van der Waals surface area contributed by atoms with Crippen LogP contribution in [-0.4, -0.2) is 22.7 Å². The van der Waals surface area contributed by atoms with E-state index < -0.39 is 12.6 Å². The molecule has 0 fully saturated rings. The van der Waals surface area contributed by atoms with Gasteiger partial charge in [-0.1, -0.05) is 35.9 Å². The van der Waals surface area contributed by atoms with Crippen LogP contribution in [0.15, 0.2) is 30.5 Å². The summed E-state index contributed by atoms with van der Waals surface area (Å²) < 4.78 is 5.12. The Morgan fingerprint density at radius 2 is 2.06 bits per heavy atom. The second kappa shape index (κ2) is 4.37. The topological polar surface area (TPSA) is 59.4 Å². The fourth-order valence-electron chi connectivity index (χ4n) is 1.39. The van der Waals surface area contributed by atoms with E-state index in [1.807, 2.05) is 12.1 Å². The Balaban J connectivity index is 2.46. The van der Waals surface area contributed by atoms with Gasteiger partial charge in [0.2, 0.25) is 0 Å². The summed E-state index contributed by atoms with van der Waals surface area (Å²) in [6.07, 6.45) is 1.42. The lowest BCUT2D eigenvalue weighted by molar-refractivity contribution is -0.139. The summed E-state index contributed by atoms with van der Waals surface area (Å²) in [5.41, 5.74) is 0. The zero-order valence-corrected chi connectivity index (χ0v) is 8.94. The molecule has 1 heterocycles. The number of ether oxygens (including phenoxy) is 1. The molecule has 16 heavy (non-hydrogen) atoms. The van der Waals surface area contributed by atoms with Gasteiger partial charge in [0.25, 0.3) is 0 Å². The molecule has 1 aromatic heterocycles. The van der Waals surface area contributed by atoms with E-state index in [0.29, 0.717) is 10.9 Å². The second-order valence-corrected chi connectivity index (χ2v) is 3.50. The summed E-state index contributed by atoms with van der Waals surface area (Å²) in [6.45, 7) is -0.396. The van der Waals surface area contributed by atoms with Crippen molar-refractivity contribution < 1.29 is 14.6 Å². The van der Waals surface area contributed by atoms with Crippen molar-refractivity contribution in [1.82, 2.24) is 4.98 Å². The van der Waals surface area contributed by atoms with E-state index in [9.17, 15) is 4.79 Å². The maximum absolute atomic E-state index is 10.4. The van der Waals surface area contributed by atoms with Crippen LogP contribution in [0.4, 0.5) is 0 Å². The van der Waals surface area contributed by atoms with Crippen LogP contribution < -0.4 is 4.74 Å². The van der Waals surface area contributed by atoms with Crippen LogP contribution in [0.25, 0.3) is 10.8 Å². The lowest BCUT2D eigenvalue weighted by Crippen LogP contribution is -2.09. The van der Waals surface area contributed by atoms with Crippen LogP contribution >= 0.6 is 11.6 Å². The molecule has 5 heteroatoms. The van der Waals surface area contributed by atoms with Crippen molar-refractivity contribution in [2.75, 3.05) is 6.61 Å². The molecule has 0 spiro atoms. The highest BCUT2D eigenvalue weighted by atomic mass is 35.5. The van der Waals surface area contributed by atoms with Gasteiger partial charge in [-0.05, 0) is 0 Å². The van der Waals surface area contributed by atoms with Gasteiger partial charge in [-0.25, -0.2) is 9.78 Å². The third-order valence-corrected chi connectivity index (χ3v) is 2.36. The average Bonchev–Trinajstić information content (AvgIpc) is 2.28. The van der Waals surface area contributed by atoms with E-state index in [1.54, 1.807) is 12.1 Å². The fraction of sp³-hybridized carbons (Fsp3) is 0.0909. The number of nitrogens with zero attached hydrogens (tertiary/aromatic N) is 1. The Hall–Kier alpha value is -1.81. The van der Waals surface area contributed by atoms with Gasteiger partial charge in [-0.2, -0.15) is 0 Å². The van der Waals surface area contributed by atoms with E-state index in [0.717, 1.165) is 10.8 Å². The van der Waals surface area contributed by atoms with Gasteiger partial charge in [0.05, 0.1) is 6.20 Å². The quantitative estimate of drug-likeness (QED) is 0.833. The number of fused-ring (bicyclic) bond motifs is 1. The Morgan fingerprint density at radius 3 is 2.75 bits per heavy atom. The minimum absolute atomic E-state index is 0.373. The van der Waals surface area contributed by atoms with Crippen molar-refractivity contribution in [1.29, 1.82) is 0 Å². The van der Waals surface area contributed by atoms with Crippen molar-refractivity contribution in [2.45, 2.75) is 0 Å². The first-order valence-electron chi connectivity index (χ1n) is 4.56. The predicted molar refractivity (Wildman–Crippen MR) is 59.9 cm³/mol. The standard InChI is InChI=1S/C11H8ClNO3/c12-11-8-4-2-1-3-7(8)9(5-13-11)16-6-10(14)15/h1-5H,6H2,(H,14,15). The highest BCUT2D eigenvalue weighted by molar-refractivity contribution is 6.34. The molecule has 0 aliphatic heterocycles. The monoisotopic (exact) mass is 237 g/mol. The second-order valence-electron chi connectivity index (χ2n) is 3.14. The van der Waals surface area contributed by atoms with Crippen molar-refractivity contribution in [3.8, 4) is 5.75 Å². The molecule has 0 amide bonds. The predicted octanol–water partition coefficient (Wildman–Crippen LogP) is 2.35. The highest BCUT2D eigenvalue weighted by Gasteiger charge is 2.07. The van der Waals surface area contributed by atoms with Crippen LogP contribution in [-0.2, 0) is 4.79 Å². The van der Waals surface area contributed by atoms with E-state index in [2.05, 4.69) is 4.98 Å². The molecule has 0 atom stereocenters. The van der Waals surface area contributed by atoms with Gasteiger partial charge in [-0.15, -0.1) is 0 Å². The number of carboxylic acid groups (broad SMARTS) is 1. The molecule has 0 aliphatic carbocycles. The van der Waals surface area contributed by atoms with Crippen LogP contribution in [0, 0.1) is 0 Å². The van der Waals surface area contributed by atoms with Gasteiger partial charge >= 0.3 is 5.97 Å². The number of benzene rings is 1. The van der Waals surface area contributed by atoms with E-state index in [4.69, 9.17) is 21.4 Å². The van der Waals surface area contributed by atoms with Crippen LogP contribution in [0.5, 0.6) is 5.75 Å². The summed E-state index contributed by atoms with van der Waals surface area (Å²) >= 11 is 5.91. The van der Waals surface area contributed by atoms with Crippen LogP contribution in [0.2, 0.25) is 5.15 Å². The Morgan fingerprint density at radius 1 is 1.38 bits per heavy atom. The van der Waals surface area contributed by atoms with Crippen molar-refractivity contribution in [2.24, 2.45) is 0 Å². The van der Waals surface area contributed by atoms with Crippen LogP contribution in [0.3, 0.4) is 0 Å². The normalized spacial score (nSPS) is 10.3. The summed E-state index contributed by atoms with van der Waals surface area (Å²) in [5, 5.41) is 10.4. The molecule has 0 saturated heterocycles. The molecule has 0 saturated carbocycles. The largest absolute Gasteiger partial charge is 0.480 e. The number of rotatable bonds is 3. The number of halogens is 1. The summed E-state index contributed by atoms with van der Waals surface area (Å²) in [7, 11) is 0. The van der Waals surface area contributed by atoms with Gasteiger partial charge in [0, 0.05) is 10.8 Å². The molecular formula is C11H8ClNO3. The smallest absolute Gasteiger partial charge is 0.341 e. The number of carboxylic acids is 1. The lowest BCUT2D eigenvalue weighted by Gasteiger charge is -2.07. The summed E-state index contributed by atoms with van der Waals surface area (Å²) in [4.78, 5) is 14.3. The molecule has 0 bridgehead atoms. The summed E-state index contributed by atoms with van der Waals surface area (Å²) in [6, 6.07) is 7.27.